The minimum absolute atomic E-state index is 0.392. The summed E-state index contributed by atoms with van der Waals surface area (Å²) in [7, 11) is 0. The minimum atomic E-state index is 0.392. The lowest BCUT2D eigenvalue weighted by Gasteiger charge is -2.38. The summed E-state index contributed by atoms with van der Waals surface area (Å²) in [5.74, 6) is 0.708. The van der Waals surface area contributed by atoms with E-state index in [1.807, 2.05) is 6.07 Å². The van der Waals surface area contributed by atoms with Crippen molar-refractivity contribution >= 4 is 38.9 Å². The monoisotopic (exact) mass is 369 g/mol. The predicted octanol–water partition coefficient (Wildman–Crippen LogP) is 5.76. The van der Waals surface area contributed by atoms with Gasteiger partial charge in [0, 0.05) is 21.4 Å². The van der Waals surface area contributed by atoms with Gasteiger partial charge in [-0.2, -0.15) is 0 Å². The third kappa shape index (κ3) is 3.28. The van der Waals surface area contributed by atoms with Crippen molar-refractivity contribution < 1.29 is 0 Å². The molecule has 0 spiro atoms. The fraction of sp³-hybridized carbons (Fsp3) is 0.375. The lowest BCUT2D eigenvalue weighted by Crippen LogP contribution is -2.41. The van der Waals surface area contributed by atoms with Crippen molar-refractivity contribution in [3.63, 3.8) is 0 Å². The molecule has 1 atom stereocenters. The van der Waals surface area contributed by atoms with Crippen LogP contribution in [-0.2, 0) is 0 Å². The highest BCUT2D eigenvalue weighted by atomic mass is 79.9. The summed E-state index contributed by atoms with van der Waals surface area (Å²) in [6, 6.07) is 13.8. The van der Waals surface area contributed by atoms with Crippen molar-refractivity contribution in [2.24, 2.45) is 0 Å². The predicted molar refractivity (Wildman–Crippen MR) is 90.8 cm³/mol. The summed E-state index contributed by atoms with van der Waals surface area (Å²) < 4.78 is 2.02. The van der Waals surface area contributed by atoms with Gasteiger partial charge in [0.1, 0.15) is 0 Å². The lowest BCUT2D eigenvalue weighted by molar-refractivity contribution is 0.272. The molecule has 1 unspecified atom stereocenters. The van der Waals surface area contributed by atoms with Crippen LogP contribution < -0.4 is 5.32 Å². The molecule has 1 nitrogen and oxygen atoms in total. The second kappa shape index (κ2) is 6.18. The van der Waals surface area contributed by atoms with E-state index >= 15 is 0 Å². The third-order valence-electron chi connectivity index (χ3n) is 3.99. The summed E-state index contributed by atoms with van der Waals surface area (Å²) in [4.78, 5) is 1.32. The van der Waals surface area contributed by atoms with Gasteiger partial charge >= 0.3 is 0 Å². The molecule has 4 heteroatoms. The van der Waals surface area contributed by atoms with E-state index in [4.69, 9.17) is 11.6 Å². The Morgan fingerprint density at radius 1 is 1.20 bits per heavy atom. The normalized spacial score (nSPS) is 23.4. The molecule has 1 heterocycles. The van der Waals surface area contributed by atoms with Crippen LogP contribution in [0.5, 0.6) is 0 Å². The van der Waals surface area contributed by atoms with Crippen LogP contribution in [-0.4, -0.2) is 6.04 Å². The Bertz CT molecular complexity index is 574. The summed E-state index contributed by atoms with van der Waals surface area (Å²) in [6.07, 6.45) is 2.45. The van der Waals surface area contributed by atoms with E-state index in [2.05, 4.69) is 58.5 Å². The number of thiophene rings is 1. The number of hydrogen-bond acceptors (Lipinski definition) is 2. The van der Waals surface area contributed by atoms with Gasteiger partial charge < -0.3 is 5.32 Å². The zero-order valence-electron chi connectivity index (χ0n) is 11.3. The number of halogens is 2. The highest BCUT2D eigenvalue weighted by molar-refractivity contribution is 9.10. The van der Waals surface area contributed by atoms with Crippen molar-refractivity contribution in [2.75, 3.05) is 0 Å². The van der Waals surface area contributed by atoms with Crippen molar-refractivity contribution in [1.29, 1.82) is 0 Å². The standard InChI is InChI=1S/C16H17BrClNS/c1-10(15-6-7-16(18)20-15)19-14-8-12(9-14)11-2-4-13(17)5-3-11/h2-7,10,12,14,19H,8-9H2,1H3. The maximum atomic E-state index is 5.99. The summed E-state index contributed by atoms with van der Waals surface area (Å²) in [5, 5.41) is 3.70. The van der Waals surface area contributed by atoms with Gasteiger partial charge in [0.2, 0.25) is 0 Å². The fourth-order valence-corrected chi connectivity index (χ4v) is 4.09. The average molecular weight is 371 g/mol. The van der Waals surface area contributed by atoms with Crippen LogP contribution in [0.4, 0.5) is 0 Å². The first-order valence-electron chi connectivity index (χ1n) is 6.88. The molecule has 0 radical (unpaired) electrons. The zero-order chi connectivity index (χ0) is 14.1. The van der Waals surface area contributed by atoms with Gasteiger partial charge in [0.25, 0.3) is 0 Å². The first-order valence-corrected chi connectivity index (χ1v) is 8.87. The molecule has 1 aliphatic carbocycles. The van der Waals surface area contributed by atoms with Crippen LogP contribution >= 0.6 is 38.9 Å². The van der Waals surface area contributed by atoms with E-state index in [1.54, 1.807) is 11.3 Å². The number of rotatable bonds is 4. The molecule has 0 amide bonds. The Balaban J connectivity index is 1.52. The average Bonchev–Trinajstić information content (AvgIpc) is 2.81. The molecule has 0 aliphatic heterocycles. The summed E-state index contributed by atoms with van der Waals surface area (Å²) in [5.41, 5.74) is 1.46. The second-order valence-corrected chi connectivity index (χ2v) is 8.11. The van der Waals surface area contributed by atoms with Crippen LogP contribution in [0, 0.1) is 0 Å². The molecule has 106 valence electrons. The summed E-state index contributed by atoms with van der Waals surface area (Å²) in [6.45, 7) is 2.22. The van der Waals surface area contributed by atoms with Gasteiger partial charge in [-0.1, -0.05) is 39.7 Å². The first-order chi connectivity index (χ1) is 9.61. The Morgan fingerprint density at radius 3 is 2.50 bits per heavy atom. The molecule has 1 aromatic carbocycles. The molecule has 1 N–H and O–H groups in total. The van der Waals surface area contributed by atoms with Crippen molar-refractivity contribution in [2.45, 2.75) is 37.8 Å². The molecule has 1 aliphatic rings. The van der Waals surface area contributed by atoms with Crippen LogP contribution in [0.2, 0.25) is 4.34 Å². The Morgan fingerprint density at radius 2 is 1.90 bits per heavy atom. The molecule has 3 rings (SSSR count). The van der Waals surface area contributed by atoms with Crippen LogP contribution in [0.15, 0.2) is 40.9 Å². The van der Waals surface area contributed by atoms with Gasteiger partial charge in [0.05, 0.1) is 4.34 Å². The minimum Gasteiger partial charge on any atom is -0.307 e. The van der Waals surface area contributed by atoms with Crippen LogP contribution in [0.1, 0.15) is 42.2 Å². The van der Waals surface area contributed by atoms with Gasteiger partial charge in [-0.05, 0) is 55.5 Å². The quantitative estimate of drug-likeness (QED) is 0.721. The van der Waals surface area contributed by atoms with Crippen molar-refractivity contribution in [1.82, 2.24) is 5.32 Å². The molecule has 1 fully saturated rings. The smallest absolute Gasteiger partial charge is 0.0931 e. The van der Waals surface area contributed by atoms with E-state index in [1.165, 1.54) is 23.3 Å². The topological polar surface area (TPSA) is 12.0 Å². The molecule has 20 heavy (non-hydrogen) atoms. The van der Waals surface area contributed by atoms with Gasteiger partial charge in [-0.15, -0.1) is 11.3 Å². The Hall–Kier alpha value is -0.350. The van der Waals surface area contributed by atoms with Crippen molar-refractivity contribution in [3.8, 4) is 0 Å². The zero-order valence-corrected chi connectivity index (χ0v) is 14.4. The van der Waals surface area contributed by atoms with Crippen LogP contribution in [0.3, 0.4) is 0 Å². The summed E-state index contributed by atoms with van der Waals surface area (Å²) >= 11 is 11.1. The van der Waals surface area contributed by atoms with E-state index in [-0.39, 0.29) is 0 Å². The molecule has 0 bridgehead atoms. The van der Waals surface area contributed by atoms with E-state index in [9.17, 15) is 0 Å². The van der Waals surface area contributed by atoms with Crippen molar-refractivity contribution in [3.05, 3.63) is 55.6 Å². The third-order valence-corrected chi connectivity index (χ3v) is 5.93. The number of hydrogen-bond donors (Lipinski definition) is 1. The van der Waals surface area contributed by atoms with Gasteiger partial charge in [0.15, 0.2) is 0 Å². The molecule has 2 aromatic rings. The second-order valence-electron chi connectivity index (χ2n) is 5.45. The molecular weight excluding hydrogens is 354 g/mol. The molecule has 1 saturated carbocycles. The fourth-order valence-electron chi connectivity index (χ4n) is 2.76. The van der Waals surface area contributed by atoms with E-state index < -0.39 is 0 Å². The highest BCUT2D eigenvalue weighted by Crippen LogP contribution is 2.38. The number of nitrogens with one attached hydrogen (secondary N) is 1. The Kier molecular flexibility index (Phi) is 4.51. The maximum Gasteiger partial charge on any atom is 0.0931 e. The molecule has 0 saturated heterocycles. The maximum absolute atomic E-state index is 5.99. The Labute approximate surface area is 137 Å². The highest BCUT2D eigenvalue weighted by Gasteiger charge is 2.31. The SMILES string of the molecule is CC(NC1CC(c2ccc(Br)cc2)C1)c1ccc(Cl)s1. The first kappa shape index (κ1) is 14.6. The van der Waals surface area contributed by atoms with E-state index in [0.717, 1.165) is 8.81 Å². The molecular formula is C16H17BrClNS. The lowest BCUT2D eigenvalue weighted by atomic mass is 9.75. The van der Waals surface area contributed by atoms with Gasteiger partial charge in [-0.25, -0.2) is 0 Å². The van der Waals surface area contributed by atoms with Crippen LogP contribution in [0.25, 0.3) is 0 Å². The van der Waals surface area contributed by atoms with E-state index in [0.29, 0.717) is 18.0 Å². The van der Waals surface area contributed by atoms with Gasteiger partial charge in [-0.3, -0.25) is 0 Å². The number of benzene rings is 1. The largest absolute Gasteiger partial charge is 0.307 e. The molecule has 1 aromatic heterocycles.